The highest BCUT2D eigenvalue weighted by molar-refractivity contribution is 6.76. The molecule has 0 aliphatic carbocycles. The Morgan fingerprint density at radius 3 is 1.76 bits per heavy atom. The molecule has 50 heavy (non-hydrogen) atoms. The van der Waals surface area contributed by atoms with Gasteiger partial charge in [0.15, 0.2) is 6.29 Å². The maximum absolute atomic E-state index is 6.76. The molecule has 0 saturated carbocycles. The lowest BCUT2D eigenvalue weighted by Crippen LogP contribution is -2.60. The summed E-state index contributed by atoms with van der Waals surface area (Å²) >= 11 is 6.12. The van der Waals surface area contributed by atoms with Gasteiger partial charge in [-0.15, -0.1) is 0 Å². The number of halogens is 1. The van der Waals surface area contributed by atoms with Gasteiger partial charge in [0.1, 0.15) is 18.3 Å². The number of ether oxygens (including phenoxy) is 6. The van der Waals surface area contributed by atoms with Gasteiger partial charge in [0.2, 0.25) is 0 Å². The molecule has 0 spiro atoms. The maximum Gasteiger partial charge on any atom is 0.186 e. The minimum Gasteiger partial charge on any atom is -0.381 e. The Balaban J connectivity index is 1.57. The topological polar surface area (TPSA) is 55.4 Å². The second-order valence-corrected chi connectivity index (χ2v) is 20.3. The summed E-state index contributed by atoms with van der Waals surface area (Å²) in [6.45, 7) is 17.9. The summed E-state index contributed by atoms with van der Waals surface area (Å²) in [5.41, 5.74) is 4.17. The van der Waals surface area contributed by atoms with Crippen molar-refractivity contribution in [2.45, 2.75) is 89.1 Å². The lowest BCUT2D eigenvalue weighted by molar-refractivity contribution is -0.317. The van der Waals surface area contributed by atoms with Crippen LogP contribution in [0, 0.1) is 5.92 Å². The first-order chi connectivity index (χ1) is 24.1. The summed E-state index contributed by atoms with van der Waals surface area (Å²) in [5.74, 6) is 0.0808. The van der Waals surface area contributed by atoms with E-state index in [1.165, 1.54) is 0 Å². The van der Waals surface area contributed by atoms with Gasteiger partial charge in [-0.1, -0.05) is 147 Å². The van der Waals surface area contributed by atoms with Crippen LogP contribution in [0.4, 0.5) is 0 Å². The summed E-state index contributed by atoms with van der Waals surface area (Å²) < 4.78 is 39.0. The summed E-state index contributed by atoms with van der Waals surface area (Å²) in [6, 6.07) is 31.5. The number of hydrogen-bond donors (Lipinski definition) is 0. The van der Waals surface area contributed by atoms with E-state index in [0.29, 0.717) is 44.3 Å². The van der Waals surface area contributed by atoms with Crippen molar-refractivity contribution in [1.82, 2.24) is 0 Å². The zero-order valence-electron chi connectivity index (χ0n) is 30.2. The molecule has 0 radical (unpaired) electrons. The van der Waals surface area contributed by atoms with Crippen LogP contribution in [0.5, 0.6) is 0 Å². The molecule has 4 rings (SSSR count). The molecular formula is C42H55ClO6Si. The van der Waals surface area contributed by atoms with E-state index in [1.807, 2.05) is 72.8 Å². The molecule has 6 nitrogen and oxygen atoms in total. The molecule has 1 saturated heterocycles. The van der Waals surface area contributed by atoms with Crippen molar-refractivity contribution in [2.75, 3.05) is 20.3 Å². The van der Waals surface area contributed by atoms with Crippen molar-refractivity contribution < 1.29 is 28.4 Å². The fourth-order valence-electron chi connectivity index (χ4n) is 5.87. The van der Waals surface area contributed by atoms with E-state index < -0.39 is 38.8 Å². The molecule has 1 aliphatic heterocycles. The summed E-state index contributed by atoms with van der Waals surface area (Å²) in [5, 5.41) is 0.482. The molecular weight excluding hydrogens is 664 g/mol. The molecule has 0 bridgehead atoms. The second kappa shape index (κ2) is 20.9. The van der Waals surface area contributed by atoms with Crippen LogP contribution in [0.1, 0.15) is 29.5 Å². The molecule has 1 aliphatic rings. The van der Waals surface area contributed by atoms with Crippen LogP contribution in [0.15, 0.2) is 127 Å². The third kappa shape index (κ3) is 14.0. The molecule has 3 aromatic carbocycles. The van der Waals surface area contributed by atoms with Crippen molar-refractivity contribution in [3.63, 3.8) is 0 Å². The van der Waals surface area contributed by atoms with Gasteiger partial charge in [0.25, 0.3) is 0 Å². The van der Waals surface area contributed by atoms with E-state index in [2.05, 4.69) is 63.1 Å². The normalized spacial score (nSPS) is 21.7. The monoisotopic (exact) mass is 718 g/mol. The van der Waals surface area contributed by atoms with Gasteiger partial charge in [0, 0.05) is 32.7 Å². The van der Waals surface area contributed by atoms with Crippen molar-refractivity contribution in [3.8, 4) is 0 Å². The van der Waals surface area contributed by atoms with E-state index in [4.69, 9.17) is 40.0 Å². The Bertz CT molecular complexity index is 1450. The molecule has 1 heterocycles. The molecule has 0 N–H and O–H groups in total. The Labute approximate surface area is 306 Å². The maximum atomic E-state index is 6.76. The van der Waals surface area contributed by atoms with E-state index in [-0.39, 0.29) is 5.92 Å². The third-order valence-corrected chi connectivity index (χ3v) is 10.4. The van der Waals surface area contributed by atoms with Crippen molar-refractivity contribution in [3.05, 3.63) is 144 Å². The van der Waals surface area contributed by atoms with Gasteiger partial charge >= 0.3 is 0 Å². The van der Waals surface area contributed by atoms with Crippen LogP contribution >= 0.6 is 11.6 Å². The molecule has 0 amide bonds. The lowest BCUT2D eigenvalue weighted by Gasteiger charge is -2.46. The standard InChI is InChI=1S/C42H55ClO6Si/c1-32(26-37(23-22-33(2)43)28-45-24-25-50(4,5)6)27-38-39(46-29-34-16-10-7-11-17-34)40(47-30-35-18-12-8-13-19-35)41(42(44-3)49-38)48-31-36-20-14-9-15-21-36/h7-23,37-42H,1-2,24-31H2,3-6H3/b23-22+/t37-,38-,39-,40+,41-,42+/m1/s1. The predicted molar refractivity (Wildman–Crippen MR) is 206 cm³/mol. The van der Waals surface area contributed by atoms with Crippen molar-refractivity contribution >= 4 is 19.7 Å². The number of benzene rings is 3. The van der Waals surface area contributed by atoms with E-state index in [9.17, 15) is 0 Å². The van der Waals surface area contributed by atoms with Crippen LogP contribution in [0.3, 0.4) is 0 Å². The SMILES string of the molecule is C=C(Cl)/C=C/[C@@H](COCC[Si](C)(C)C)CC(=C)C[C@H]1O[C@H](OC)[C@H](OCc2ccccc2)[C@@H](OCc2ccccc2)[C@@H]1OCc1ccccc1. The Hall–Kier alpha value is -2.85. The van der Waals surface area contributed by atoms with Gasteiger partial charge < -0.3 is 28.4 Å². The highest BCUT2D eigenvalue weighted by Gasteiger charge is 2.48. The second-order valence-electron chi connectivity index (χ2n) is 14.2. The summed E-state index contributed by atoms with van der Waals surface area (Å²) in [7, 11) is 0.441. The minimum atomic E-state index is -1.20. The largest absolute Gasteiger partial charge is 0.381 e. The third-order valence-electron chi connectivity index (χ3n) is 8.60. The zero-order valence-corrected chi connectivity index (χ0v) is 31.9. The van der Waals surface area contributed by atoms with Crippen LogP contribution in [-0.2, 0) is 48.2 Å². The average Bonchev–Trinajstić information content (AvgIpc) is 3.10. The lowest BCUT2D eigenvalue weighted by atomic mass is 9.90. The minimum absolute atomic E-state index is 0.0808. The summed E-state index contributed by atoms with van der Waals surface area (Å²) in [6.07, 6.45) is 2.51. The Morgan fingerprint density at radius 1 is 0.780 bits per heavy atom. The fourth-order valence-corrected chi connectivity index (χ4v) is 6.70. The van der Waals surface area contributed by atoms with Gasteiger partial charge in [-0.3, -0.25) is 0 Å². The number of allylic oxidation sites excluding steroid dienone is 2. The zero-order chi connectivity index (χ0) is 35.8. The Kier molecular flexibility index (Phi) is 16.7. The number of hydrogen-bond acceptors (Lipinski definition) is 6. The number of rotatable bonds is 21. The van der Waals surface area contributed by atoms with Crippen LogP contribution in [0.2, 0.25) is 25.7 Å². The molecule has 0 aromatic heterocycles. The molecule has 270 valence electrons. The smallest absolute Gasteiger partial charge is 0.186 e. The first kappa shape index (κ1) is 39.9. The molecule has 1 fully saturated rings. The van der Waals surface area contributed by atoms with Gasteiger partial charge in [-0.05, 0) is 41.7 Å². The predicted octanol–water partition coefficient (Wildman–Crippen LogP) is 9.73. The highest BCUT2D eigenvalue weighted by atomic mass is 35.5. The van der Waals surface area contributed by atoms with E-state index >= 15 is 0 Å². The molecule has 3 aromatic rings. The van der Waals surface area contributed by atoms with Gasteiger partial charge in [0.05, 0.1) is 32.5 Å². The first-order valence-corrected chi connectivity index (χ1v) is 21.6. The number of methoxy groups -OCH3 is 1. The highest BCUT2D eigenvalue weighted by Crippen LogP contribution is 2.34. The first-order valence-electron chi connectivity index (χ1n) is 17.5. The molecule has 0 unspecified atom stereocenters. The fraction of sp³-hybridized carbons (Fsp3) is 0.429. The average molecular weight is 719 g/mol. The van der Waals surface area contributed by atoms with Crippen molar-refractivity contribution in [1.29, 1.82) is 0 Å². The van der Waals surface area contributed by atoms with E-state index in [1.54, 1.807) is 7.11 Å². The van der Waals surface area contributed by atoms with Gasteiger partial charge in [-0.2, -0.15) is 0 Å². The van der Waals surface area contributed by atoms with Crippen LogP contribution in [-0.4, -0.2) is 59.1 Å². The van der Waals surface area contributed by atoms with Crippen LogP contribution < -0.4 is 0 Å². The molecule has 6 atom stereocenters. The molecule has 8 heteroatoms. The quantitative estimate of drug-likeness (QED) is 0.0473. The summed E-state index contributed by atoms with van der Waals surface area (Å²) in [4.78, 5) is 0. The van der Waals surface area contributed by atoms with E-state index in [0.717, 1.165) is 34.9 Å². The Morgan fingerprint density at radius 2 is 1.28 bits per heavy atom. The van der Waals surface area contributed by atoms with Crippen LogP contribution in [0.25, 0.3) is 0 Å². The van der Waals surface area contributed by atoms with Crippen molar-refractivity contribution in [2.24, 2.45) is 5.92 Å². The van der Waals surface area contributed by atoms with Gasteiger partial charge in [-0.25, -0.2) is 0 Å².